The fraction of sp³-hybridized carbons (Fsp3) is 0.389. The van der Waals surface area contributed by atoms with Gasteiger partial charge in [-0.05, 0) is 26.2 Å². The predicted octanol–water partition coefficient (Wildman–Crippen LogP) is 4.74. The molecular weight excluding hydrogens is 290 g/mol. The van der Waals surface area contributed by atoms with Crippen molar-refractivity contribution in [3.8, 4) is 17.3 Å². The molecule has 0 bridgehead atoms. The van der Waals surface area contributed by atoms with Crippen LogP contribution in [-0.2, 0) is 0 Å². The predicted molar refractivity (Wildman–Crippen MR) is 91.4 cm³/mol. The lowest BCUT2D eigenvalue weighted by Gasteiger charge is -2.08. The quantitative estimate of drug-likeness (QED) is 0.822. The van der Waals surface area contributed by atoms with Crippen molar-refractivity contribution in [3.63, 3.8) is 0 Å². The highest BCUT2D eigenvalue weighted by Crippen LogP contribution is 2.29. The Hall–Kier alpha value is -1.99. The number of aromatic nitrogens is 1. The molecule has 3 nitrogen and oxygen atoms in total. The highest BCUT2D eigenvalue weighted by atomic mass is 32.1. The number of thiazole rings is 1. The average Bonchev–Trinajstić information content (AvgIpc) is 2.85. The zero-order valence-electron chi connectivity index (χ0n) is 12.7. The van der Waals surface area contributed by atoms with Crippen LogP contribution in [0.15, 0.2) is 34.6 Å². The number of hydrogen-bond acceptors (Lipinski definition) is 4. The van der Waals surface area contributed by atoms with Gasteiger partial charge in [-0.15, -0.1) is 11.3 Å². The highest BCUT2D eigenvalue weighted by Gasteiger charge is 2.22. The highest BCUT2D eigenvalue weighted by molar-refractivity contribution is 7.10. The molecule has 0 spiro atoms. The molecule has 0 saturated heterocycles. The Morgan fingerprint density at radius 1 is 1.18 bits per heavy atom. The average molecular weight is 309 g/mol. The fourth-order valence-corrected chi connectivity index (χ4v) is 3.58. The van der Waals surface area contributed by atoms with Crippen molar-refractivity contribution >= 4 is 17.0 Å². The number of aliphatic imine (C=N–C) groups is 1. The Kier molecular flexibility index (Phi) is 4.65. The lowest BCUT2D eigenvalue weighted by atomic mass is 10.0. The first kappa shape index (κ1) is 14.9. The standard InChI is InChI=1S/C18H19N3S/c1-13-6-8-14(9-7-13)17-12-22-18(21-17)15(11-19)16-5-3-2-4-10-20-16/h6-9,12,15H,2-5,10H2,1H3/t15-/m0/s1. The van der Waals surface area contributed by atoms with E-state index in [1.807, 2.05) is 5.38 Å². The molecule has 112 valence electrons. The molecule has 0 amide bonds. The largest absolute Gasteiger partial charge is 0.292 e. The van der Waals surface area contributed by atoms with Gasteiger partial charge in [-0.1, -0.05) is 36.2 Å². The van der Waals surface area contributed by atoms with Crippen LogP contribution in [0.4, 0.5) is 0 Å². The van der Waals surface area contributed by atoms with Gasteiger partial charge in [0.1, 0.15) is 10.9 Å². The van der Waals surface area contributed by atoms with Crippen LogP contribution in [0.1, 0.15) is 42.2 Å². The number of aryl methyl sites for hydroxylation is 1. The minimum absolute atomic E-state index is 0.276. The van der Waals surface area contributed by atoms with Gasteiger partial charge in [0.25, 0.3) is 0 Å². The molecule has 1 aliphatic heterocycles. The Labute approximate surface area is 135 Å². The topological polar surface area (TPSA) is 49.0 Å². The molecule has 1 aliphatic rings. The van der Waals surface area contributed by atoms with E-state index in [1.165, 1.54) is 12.0 Å². The molecule has 1 atom stereocenters. The monoisotopic (exact) mass is 309 g/mol. The second-order valence-electron chi connectivity index (χ2n) is 5.68. The van der Waals surface area contributed by atoms with Crippen LogP contribution in [0.2, 0.25) is 0 Å². The molecule has 0 N–H and O–H groups in total. The molecule has 1 aromatic heterocycles. The minimum atomic E-state index is -0.276. The van der Waals surface area contributed by atoms with Crippen molar-refractivity contribution in [2.75, 3.05) is 6.54 Å². The van der Waals surface area contributed by atoms with E-state index in [9.17, 15) is 5.26 Å². The fourth-order valence-electron chi connectivity index (χ4n) is 2.68. The zero-order chi connectivity index (χ0) is 15.4. The molecule has 22 heavy (non-hydrogen) atoms. The van der Waals surface area contributed by atoms with Crippen molar-refractivity contribution < 1.29 is 0 Å². The van der Waals surface area contributed by atoms with Crippen LogP contribution in [-0.4, -0.2) is 17.2 Å². The Morgan fingerprint density at radius 3 is 2.77 bits per heavy atom. The van der Waals surface area contributed by atoms with E-state index in [4.69, 9.17) is 4.98 Å². The van der Waals surface area contributed by atoms with Crippen molar-refractivity contribution in [3.05, 3.63) is 40.2 Å². The SMILES string of the molecule is Cc1ccc(-c2csc([C@@H](C#N)C3=NCCCCC3)n2)cc1. The maximum atomic E-state index is 9.58. The van der Waals surface area contributed by atoms with Gasteiger partial charge in [0, 0.05) is 23.2 Å². The molecule has 0 unspecified atom stereocenters. The Morgan fingerprint density at radius 2 is 2.00 bits per heavy atom. The number of hydrogen-bond donors (Lipinski definition) is 0. The summed E-state index contributed by atoms with van der Waals surface area (Å²) in [5, 5.41) is 12.5. The van der Waals surface area contributed by atoms with E-state index in [-0.39, 0.29) is 5.92 Å². The van der Waals surface area contributed by atoms with Gasteiger partial charge >= 0.3 is 0 Å². The summed E-state index contributed by atoms with van der Waals surface area (Å²) >= 11 is 1.57. The number of nitriles is 1. The second-order valence-corrected chi connectivity index (χ2v) is 6.57. The summed E-state index contributed by atoms with van der Waals surface area (Å²) < 4.78 is 0. The van der Waals surface area contributed by atoms with Crippen LogP contribution in [0.3, 0.4) is 0 Å². The summed E-state index contributed by atoms with van der Waals surface area (Å²) in [4.78, 5) is 9.33. The molecule has 0 saturated carbocycles. The van der Waals surface area contributed by atoms with Gasteiger partial charge in [-0.3, -0.25) is 4.99 Å². The lowest BCUT2D eigenvalue weighted by molar-refractivity contribution is 0.730. The molecule has 0 radical (unpaired) electrons. The van der Waals surface area contributed by atoms with Gasteiger partial charge in [0.15, 0.2) is 0 Å². The van der Waals surface area contributed by atoms with Gasteiger partial charge in [-0.2, -0.15) is 5.26 Å². The molecule has 0 aliphatic carbocycles. The first-order valence-electron chi connectivity index (χ1n) is 7.73. The third kappa shape index (κ3) is 3.26. The summed E-state index contributed by atoms with van der Waals surface area (Å²) in [5.41, 5.74) is 4.31. The third-order valence-corrected chi connectivity index (χ3v) is 4.89. The summed E-state index contributed by atoms with van der Waals surface area (Å²) in [6.45, 7) is 2.93. The molecule has 0 fully saturated rings. The Bertz CT molecular complexity index is 707. The zero-order valence-corrected chi connectivity index (χ0v) is 13.6. The van der Waals surface area contributed by atoms with E-state index in [2.05, 4.69) is 42.3 Å². The summed E-state index contributed by atoms with van der Waals surface area (Å²) in [5.74, 6) is -0.276. The smallest absolute Gasteiger partial charge is 0.136 e. The summed E-state index contributed by atoms with van der Waals surface area (Å²) in [6, 6.07) is 10.7. The molecule has 1 aromatic carbocycles. The van der Waals surface area contributed by atoms with Gasteiger partial charge in [0.05, 0.1) is 11.8 Å². The van der Waals surface area contributed by atoms with Crippen molar-refractivity contribution in [2.24, 2.45) is 4.99 Å². The molecule has 2 heterocycles. The first-order valence-corrected chi connectivity index (χ1v) is 8.61. The van der Waals surface area contributed by atoms with E-state index in [0.29, 0.717) is 0 Å². The van der Waals surface area contributed by atoms with Gasteiger partial charge in [0.2, 0.25) is 0 Å². The number of nitrogens with zero attached hydrogens (tertiary/aromatic N) is 3. The van der Waals surface area contributed by atoms with E-state index in [0.717, 1.165) is 47.8 Å². The van der Waals surface area contributed by atoms with E-state index in [1.54, 1.807) is 11.3 Å². The van der Waals surface area contributed by atoms with Gasteiger partial charge in [-0.25, -0.2) is 4.98 Å². The lowest BCUT2D eigenvalue weighted by Crippen LogP contribution is -2.10. The van der Waals surface area contributed by atoms with E-state index < -0.39 is 0 Å². The van der Waals surface area contributed by atoms with Gasteiger partial charge < -0.3 is 0 Å². The third-order valence-electron chi connectivity index (χ3n) is 3.98. The number of benzene rings is 1. The normalized spacial score (nSPS) is 16.5. The van der Waals surface area contributed by atoms with Crippen molar-refractivity contribution in [1.82, 2.24) is 4.98 Å². The molecule has 4 heteroatoms. The second kappa shape index (κ2) is 6.85. The summed E-state index contributed by atoms with van der Waals surface area (Å²) in [6.07, 6.45) is 4.40. The molecular formula is C18H19N3S. The van der Waals surface area contributed by atoms with Crippen LogP contribution in [0, 0.1) is 18.3 Å². The Balaban J connectivity index is 1.86. The molecule has 2 aromatic rings. The maximum Gasteiger partial charge on any atom is 0.136 e. The minimum Gasteiger partial charge on any atom is -0.292 e. The maximum absolute atomic E-state index is 9.58. The molecule has 3 rings (SSSR count). The van der Waals surface area contributed by atoms with E-state index >= 15 is 0 Å². The van der Waals surface area contributed by atoms with Crippen LogP contribution in [0.5, 0.6) is 0 Å². The number of rotatable bonds is 3. The first-order chi connectivity index (χ1) is 10.8. The van der Waals surface area contributed by atoms with Crippen molar-refractivity contribution in [2.45, 2.75) is 38.5 Å². The van der Waals surface area contributed by atoms with Crippen LogP contribution in [0.25, 0.3) is 11.3 Å². The van der Waals surface area contributed by atoms with Crippen LogP contribution < -0.4 is 0 Å². The van der Waals surface area contributed by atoms with Crippen LogP contribution >= 0.6 is 11.3 Å². The van der Waals surface area contributed by atoms with Crippen molar-refractivity contribution in [1.29, 1.82) is 5.26 Å². The summed E-state index contributed by atoms with van der Waals surface area (Å²) in [7, 11) is 0.